The maximum absolute atomic E-state index is 13.3. The second kappa shape index (κ2) is 4.03. The Labute approximate surface area is 110 Å². The highest BCUT2D eigenvalue weighted by molar-refractivity contribution is 6.31. The van der Waals surface area contributed by atoms with Crippen LogP contribution in [0.1, 0.15) is 5.56 Å². The highest BCUT2D eigenvalue weighted by Crippen LogP contribution is 2.38. The molecule has 0 aliphatic carbocycles. The van der Waals surface area contributed by atoms with Gasteiger partial charge in [0.25, 0.3) is 0 Å². The van der Waals surface area contributed by atoms with Crippen LogP contribution in [0, 0.1) is 0 Å². The van der Waals surface area contributed by atoms with E-state index in [4.69, 9.17) is 11.6 Å². The number of hydrogen-bond donors (Lipinski definition) is 0. The van der Waals surface area contributed by atoms with Crippen molar-refractivity contribution in [2.75, 3.05) is 0 Å². The van der Waals surface area contributed by atoms with Gasteiger partial charge in [-0.15, -0.1) is 0 Å². The van der Waals surface area contributed by atoms with Gasteiger partial charge in [0, 0.05) is 23.2 Å². The third-order valence-electron chi connectivity index (χ3n) is 2.65. The maximum atomic E-state index is 13.3. The average Bonchev–Trinajstić information content (AvgIpc) is 2.34. The lowest BCUT2D eigenvalue weighted by Crippen LogP contribution is -2.08. The largest absolute Gasteiger partial charge is 0.417 e. The quantitative estimate of drug-likeness (QED) is 0.588. The second-order valence-electron chi connectivity index (χ2n) is 3.88. The average molecular weight is 284 g/mol. The number of nitrogens with zero attached hydrogens (tertiary/aromatic N) is 3. The van der Waals surface area contributed by atoms with Crippen molar-refractivity contribution in [2.45, 2.75) is 6.18 Å². The molecule has 0 amide bonds. The molecule has 0 saturated heterocycles. The minimum Gasteiger partial charge on any atom is -0.237 e. The van der Waals surface area contributed by atoms with Gasteiger partial charge in [-0.3, -0.25) is 0 Å². The predicted octanol–water partition coefficient (Wildman–Crippen LogP) is 3.85. The molecule has 3 nitrogen and oxygen atoms in total. The summed E-state index contributed by atoms with van der Waals surface area (Å²) in [6.45, 7) is 0. The minimum atomic E-state index is -4.53. The number of alkyl halides is 3. The fourth-order valence-electron chi connectivity index (χ4n) is 1.94. The molecule has 19 heavy (non-hydrogen) atoms. The van der Waals surface area contributed by atoms with Crippen molar-refractivity contribution in [3.63, 3.8) is 0 Å². The summed E-state index contributed by atoms with van der Waals surface area (Å²) in [7, 11) is 0. The normalized spacial score (nSPS) is 12.2. The molecule has 0 aliphatic heterocycles. The van der Waals surface area contributed by atoms with Crippen molar-refractivity contribution in [1.82, 2.24) is 15.0 Å². The molecule has 0 N–H and O–H groups in total. The van der Waals surface area contributed by atoms with Crippen LogP contribution in [0.5, 0.6) is 0 Å². The van der Waals surface area contributed by atoms with E-state index < -0.39 is 11.7 Å². The first kappa shape index (κ1) is 12.1. The first-order valence-electron chi connectivity index (χ1n) is 5.24. The van der Waals surface area contributed by atoms with Crippen molar-refractivity contribution in [1.29, 1.82) is 0 Å². The van der Waals surface area contributed by atoms with Crippen molar-refractivity contribution in [3.05, 3.63) is 41.2 Å². The smallest absolute Gasteiger partial charge is 0.237 e. The van der Waals surface area contributed by atoms with Crippen molar-refractivity contribution >= 4 is 33.7 Å². The number of fused-ring (bicyclic) bond motifs is 2. The Morgan fingerprint density at radius 3 is 2.53 bits per heavy atom. The summed E-state index contributed by atoms with van der Waals surface area (Å²) in [6.07, 6.45) is -1.89. The summed E-state index contributed by atoms with van der Waals surface area (Å²) < 4.78 is 39.8. The standard InChI is InChI=1S/C12H5ClF3N3/c13-6-4-8-9(12(14,15)16)7-2-1-3-17-10(7)19-11(8)18-5-6/h1-5H. The lowest BCUT2D eigenvalue weighted by atomic mass is 10.1. The van der Waals surface area contributed by atoms with Crippen LogP contribution in [0.2, 0.25) is 5.02 Å². The molecule has 3 rings (SSSR count). The maximum Gasteiger partial charge on any atom is 0.417 e. The van der Waals surface area contributed by atoms with Crippen LogP contribution >= 0.6 is 11.6 Å². The van der Waals surface area contributed by atoms with Gasteiger partial charge in [0.2, 0.25) is 0 Å². The van der Waals surface area contributed by atoms with E-state index in [1.165, 1.54) is 30.6 Å². The highest BCUT2D eigenvalue weighted by Gasteiger charge is 2.35. The summed E-state index contributed by atoms with van der Waals surface area (Å²) in [5.41, 5.74) is -0.823. The van der Waals surface area contributed by atoms with Gasteiger partial charge in [0.15, 0.2) is 11.3 Å². The molecule has 0 saturated carbocycles. The lowest BCUT2D eigenvalue weighted by molar-refractivity contribution is -0.135. The summed E-state index contributed by atoms with van der Waals surface area (Å²) >= 11 is 5.72. The number of pyridine rings is 3. The molecule has 0 radical (unpaired) electrons. The van der Waals surface area contributed by atoms with E-state index in [0.29, 0.717) is 0 Å². The van der Waals surface area contributed by atoms with E-state index in [1.807, 2.05) is 0 Å². The predicted molar refractivity (Wildman–Crippen MR) is 64.9 cm³/mol. The number of halogens is 4. The van der Waals surface area contributed by atoms with Crippen LogP contribution < -0.4 is 0 Å². The van der Waals surface area contributed by atoms with Gasteiger partial charge in [-0.2, -0.15) is 13.2 Å². The SMILES string of the molecule is FC(F)(F)c1c2cccnc2nc2ncc(Cl)cc12. The van der Waals surface area contributed by atoms with E-state index in [9.17, 15) is 13.2 Å². The van der Waals surface area contributed by atoms with Crippen molar-refractivity contribution in [2.24, 2.45) is 0 Å². The van der Waals surface area contributed by atoms with Gasteiger partial charge in [0.05, 0.1) is 10.6 Å². The zero-order valence-corrected chi connectivity index (χ0v) is 10.00. The Bertz CT molecular complexity index is 786. The van der Waals surface area contributed by atoms with Crippen LogP contribution in [0.15, 0.2) is 30.6 Å². The van der Waals surface area contributed by atoms with E-state index >= 15 is 0 Å². The van der Waals surface area contributed by atoms with Gasteiger partial charge in [-0.05, 0) is 18.2 Å². The van der Waals surface area contributed by atoms with Gasteiger partial charge < -0.3 is 0 Å². The Morgan fingerprint density at radius 1 is 1.05 bits per heavy atom. The van der Waals surface area contributed by atoms with E-state index in [1.54, 1.807) is 0 Å². The van der Waals surface area contributed by atoms with E-state index in [0.717, 1.165) is 0 Å². The molecular formula is C12H5ClF3N3. The van der Waals surface area contributed by atoms with Crippen LogP contribution in [-0.2, 0) is 6.18 Å². The Balaban J connectivity index is 2.58. The molecule has 0 aromatic carbocycles. The molecule has 3 heterocycles. The summed E-state index contributed by atoms with van der Waals surface area (Å²) in [6, 6.07) is 3.98. The van der Waals surface area contributed by atoms with Crippen LogP contribution in [0.25, 0.3) is 22.1 Å². The number of rotatable bonds is 0. The Hall–Kier alpha value is -1.95. The summed E-state index contributed by atoms with van der Waals surface area (Å²) in [4.78, 5) is 11.7. The summed E-state index contributed by atoms with van der Waals surface area (Å²) in [5, 5.41) is -0.0601. The highest BCUT2D eigenvalue weighted by atomic mass is 35.5. The third kappa shape index (κ3) is 1.98. The fourth-order valence-corrected chi connectivity index (χ4v) is 2.10. The fraction of sp³-hybridized carbons (Fsp3) is 0.0833. The van der Waals surface area contributed by atoms with Gasteiger partial charge in [-0.1, -0.05) is 11.6 Å². The molecule has 0 spiro atoms. The first-order valence-corrected chi connectivity index (χ1v) is 5.62. The summed E-state index contributed by atoms with van der Waals surface area (Å²) in [5.74, 6) is 0. The number of hydrogen-bond acceptors (Lipinski definition) is 3. The molecule has 0 aliphatic rings. The monoisotopic (exact) mass is 283 g/mol. The minimum absolute atomic E-state index is 0.0112. The van der Waals surface area contributed by atoms with Crippen LogP contribution in [0.3, 0.4) is 0 Å². The van der Waals surface area contributed by atoms with Crippen molar-refractivity contribution < 1.29 is 13.2 Å². The van der Waals surface area contributed by atoms with Gasteiger partial charge >= 0.3 is 6.18 Å². The molecule has 0 unspecified atom stereocenters. The van der Waals surface area contributed by atoms with Gasteiger partial charge in [-0.25, -0.2) is 15.0 Å². The van der Waals surface area contributed by atoms with E-state index in [2.05, 4.69) is 15.0 Å². The Morgan fingerprint density at radius 2 is 1.79 bits per heavy atom. The van der Waals surface area contributed by atoms with Gasteiger partial charge in [0.1, 0.15) is 0 Å². The molecule has 0 fully saturated rings. The topological polar surface area (TPSA) is 38.7 Å². The number of aromatic nitrogens is 3. The van der Waals surface area contributed by atoms with E-state index in [-0.39, 0.29) is 27.1 Å². The molecule has 3 aromatic rings. The lowest BCUT2D eigenvalue weighted by Gasteiger charge is -2.12. The zero-order valence-electron chi connectivity index (χ0n) is 9.24. The first-order chi connectivity index (χ1) is 8.97. The molecule has 0 bridgehead atoms. The molecular weight excluding hydrogens is 279 g/mol. The molecule has 0 atom stereocenters. The van der Waals surface area contributed by atoms with Crippen molar-refractivity contribution in [3.8, 4) is 0 Å². The Kier molecular flexibility index (Phi) is 2.56. The molecule has 3 aromatic heterocycles. The molecule has 7 heteroatoms. The van der Waals surface area contributed by atoms with Crippen LogP contribution in [-0.4, -0.2) is 15.0 Å². The zero-order chi connectivity index (χ0) is 13.6. The second-order valence-corrected chi connectivity index (χ2v) is 4.32. The van der Waals surface area contributed by atoms with Crippen LogP contribution in [0.4, 0.5) is 13.2 Å². The third-order valence-corrected chi connectivity index (χ3v) is 2.86. The molecule has 96 valence electrons.